The first-order chi connectivity index (χ1) is 10.8. The minimum absolute atomic E-state index is 0.0681. The van der Waals surface area contributed by atoms with E-state index in [-0.39, 0.29) is 24.5 Å². The van der Waals surface area contributed by atoms with Gasteiger partial charge in [-0.15, -0.1) is 0 Å². The van der Waals surface area contributed by atoms with Crippen molar-refractivity contribution < 1.29 is 22.6 Å². The van der Waals surface area contributed by atoms with Crippen molar-refractivity contribution in [1.29, 1.82) is 0 Å². The molecular formula is C15H16F3IN2O2. The number of benzene rings is 1. The van der Waals surface area contributed by atoms with Crippen LogP contribution in [-0.4, -0.2) is 26.4 Å². The molecule has 0 saturated carbocycles. The minimum atomic E-state index is -2.18. The van der Waals surface area contributed by atoms with E-state index >= 15 is 0 Å². The van der Waals surface area contributed by atoms with Gasteiger partial charge in [0.1, 0.15) is 23.7 Å². The first kappa shape index (κ1) is 18.2. The van der Waals surface area contributed by atoms with Crippen LogP contribution in [0.25, 0.3) is 0 Å². The fraction of sp³-hybridized carbons (Fsp3) is 0.333. The van der Waals surface area contributed by atoms with Crippen molar-refractivity contribution in [2.45, 2.75) is 11.6 Å². The predicted molar refractivity (Wildman–Crippen MR) is 88.1 cm³/mol. The Hall–Kier alpha value is -1.10. The molecule has 0 saturated heterocycles. The Morgan fingerprint density at radius 1 is 1.26 bits per heavy atom. The monoisotopic (exact) mass is 440 g/mol. The van der Waals surface area contributed by atoms with E-state index in [1.165, 1.54) is 25.3 Å². The molecular weight excluding hydrogens is 424 g/mol. The van der Waals surface area contributed by atoms with Gasteiger partial charge < -0.3 is 20.9 Å². The lowest BCUT2D eigenvalue weighted by Gasteiger charge is -2.37. The molecule has 0 aliphatic heterocycles. The van der Waals surface area contributed by atoms with Gasteiger partial charge in [0.2, 0.25) is 0 Å². The lowest BCUT2D eigenvalue weighted by atomic mass is 9.78. The van der Waals surface area contributed by atoms with Gasteiger partial charge in [0.25, 0.3) is 0 Å². The van der Waals surface area contributed by atoms with E-state index < -0.39 is 29.1 Å². The molecule has 1 aromatic carbocycles. The van der Waals surface area contributed by atoms with Crippen molar-refractivity contribution in [3.63, 3.8) is 0 Å². The van der Waals surface area contributed by atoms with Crippen LogP contribution in [0, 0.1) is 9.39 Å². The maximum Gasteiger partial charge on any atom is 0.162 e. The van der Waals surface area contributed by atoms with Crippen molar-refractivity contribution in [2.24, 2.45) is 11.5 Å². The number of ether oxygens (including phenoxy) is 2. The average Bonchev–Trinajstić information content (AvgIpc) is 2.50. The van der Waals surface area contributed by atoms with Crippen molar-refractivity contribution in [1.82, 2.24) is 0 Å². The topological polar surface area (TPSA) is 70.5 Å². The van der Waals surface area contributed by atoms with Gasteiger partial charge in [-0.05, 0) is 34.7 Å². The second kappa shape index (κ2) is 7.20. The molecule has 4 nitrogen and oxygen atoms in total. The van der Waals surface area contributed by atoms with Crippen LogP contribution in [0.3, 0.4) is 0 Å². The minimum Gasteiger partial charge on any atom is -0.494 e. The van der Waals surface area contributed by atoms with E-state index in [2.05, 4.69) is 0 Å². The summed E-state index contributed by atoms with van der Waals surface area (Å²) in [5.74, 6) is -3.40. The molecule has 2 unspecified atom stereocenters. The quantitative estimate of drug-likeness (QED) is 0.546. The molecule has 2 atom stereocenters. The van der Waals surface area contributed by atoms with Crippen molar-refractivity contribution in [3.8, 4) is 0 Å². The van der Waals surface area contributed by atoms with E-state index in [0.717, 1.165) is 6.08 Å². The second-order valence-electron chi connectivity index (χ2n) is 5.02. The van der Waals surface area contributed by atoms with Gasteiger partial charge >= 0.3 is 0 Å². The Kier molecular flexibility index (Phi) is 5.71. The maximum atomic E-state index is 14.4. The molecule has 126 valence electrons. The highest BCUT2D eigenvalue weighted by molar-refractivity contribution is 14.1. The molecule has 1 aliphatic rings. The molecule has 0 fully saturated rings. The number of allylic oxidation sites excluding steroid dienone is 2. The summed E-state index contributed by atoms with van der Waals surface area (Å²) >= 11 is 1.90. The SMILES string of the molecule is COCCOC1=CC(F)=C(F)C(N)(c2ccc(I)cc2F)C1N. The third-order valence-corrected chi connectivity index (χ3v) is 4.24. The Balaban J connectivity index is 2.46. The second-order valence-corrected chi connectivity index (χ2v) is 6.27. The van der Waals surface area contributed by atoms with Gasteiger partial charge in [-0.25, -0.2) is 13.2 Å². The Morgan fingerprint density at radius 2 is 1.96 bits per heavy atom. The number of hydrogen-bond donors (Lipinski definition) is 2. The van der Waals surface area contributed by atoms with Crippen LogP contribution in [0.1, 0.15) is 5.56 Å². The molecule has 0 aromatic heterocycles. The molecule has 0 spiro atoms. The smallest absolute Gasteiger partial charge is 0.162 e. The van der Waals surface area contributed by atoms with Crippen LogP contribution in [0.15, 0.2) is 41.7 Å². The zero-order valence-electron chi connectivity index (χ0n) is 12.3. The molecule has 0 amide bonds. The van der Waals surface area contributed by atoms with Gasteiger partial charge in [0.15, 0.2) is 11.7 Å². The first-order valence-electron chi connectivity index (χ1n) is 6.71. The van der Waals surface area contributed by atoms with Crippen LogP contribution in [-0.2, 0) is 15.0 Å². The van der Waals surface area contributed by atoms with Crippen molar-refractivity contribution in [2.75, 3.05) is 20.3 Å². The van der Waals surface area contributed by atoms with Crippen LogP contribution in [0.5, 0.6) is 0 Å². The van der Waals surface area contributed by atoms with E-state index in [1.807, 2.05) is 22.6 Å². The summed E-state index contributed by atoms with van der Waals surface area (Å²) in [7, 11) is 1.47. The van der Waals surface area contributed by atoms with Crippen molar-refractivity contribution in [3.05, 3.63) is 56.6 Å². The highest BCUT2D eigenvalue weighted by Gasteiger charge is 2.48. The van der Waals surface area contributed by atoms with Gasteiger partial charge in [0.05, 0.1) is 12.6 Å². The number of nitrogens with two attached hydrogens (primary N) is 2. The highest BCUT2D eigenvalue weighted by atomic mass is 127. The van der Waals surface area contributed by atoms with Crippen molar-refractivity contribution >= 4 is 22.6 Å². The lowest BCUT2D eigenvalue weighted by Crippen LogP contribution is -2.56. The van der Waals surface area contributed by atoms with Crippen LogP contribution >= 0.6 is 22.6 Å². The summed E-state index contributed by atoms with van der Waals surface area (Å²) in [6.45, 7) is 0.309. The molecule has 1 aromatic rings. The summed E-state index contributed by atoms with van der Waals surface area (Å²) < 4.78 is 53.3. The zero-order chi connectivity index (χ0) is 17.2. The Bertz CT molecular complexity index is 666. The average molecular weight is 440 g/mol. The van der Waals surface area contributed by atoms with Gasteiger partial charge in [-0.3, -0.25) is 0 Å². The third kappa shape index (κ3) is 3.39. The molecule has 0 bridgehead atoms. The molecule has 1 aliphatic carbocycles. The molecule has 4 N–H and O–H groups in total. The number of methoxy groups -OCH3 is 1. The normalized spacial score (nSPS) is 24.7. The first-order valence-corrected chi connectivity index (χ1v) is 7.79. The summed E-state index contributed by atoms with van der Waals surface area (Å²) in [6, 6.07) is 2.72. The fourth-order valence-corrected chi connectivity index (χ4v) is 2.77. The number of rotatable bonds is 5. The van der Waals surface area contributed by atoms with E-state index in [0.29, 0.717) is 3.57 Å². The van der Waals surface area contributed by atoms with Gasteiger partial charge in [0, 0.05) is 22.3 Å². The number of halogens is 4. The standard InChI is InChI=1S/C15H16F3IN2O2/c1-22-4-5-23-12-7-11(17)13(18)15(21,14(12)20)9-3-2-8(19)6-10(9)16/h2-3,6-7,14H,4-5,20-21H2,1H3. The fourth-order valence-electron chi connectivity index (χ4n) is 2.32. The molecule has 0 radical (unpaired) electrons. The Labute approximate surface area is 145 Å². The van der Waals surface area contributed by atoms with Gasteiger partial charge in [-0.2, -0.15) is 0 Å². The van der Waals surface area contributed by atoms with Crippen LogP contribution in [0.4, 0.5) is 13.2 Å². The van der Waals surface area contributed by atoms with Crippen LogP contribution < -0.4 is 11.5 Å². The lowest BCUT2D eigenvalue weighted by molar-refractivity contribution is 0.0931. The summed E-state index contributed by atoms with van der Waals surface area (Å²) in [4.78, 5) is 0. The molecule has 23 heavy (non-hydrogen) atoms. The van der Waals surface area contributed by atoms with E-state index in [1.54, 1.807) is 0 Å². The Morgan fingerprint density at radius 3 is 2.57 bits per heavy atom. The summed E-state index contributed by atoms with van der Waals surface area (Å²) in [5.41, 5.74) is 9.55. The van der Waals surface area contributed by atoms with E-state index in [9.17, 15) is 13.2 Å². The highest BCUT2D eigenvalue weighted by Crippen LogP contribution is 2.41. The molecule has 8 heteroatoms. The third-order valence-electron chi connectivity index (χ3n) is 3.57. The van der Waals surface area contributed by atoms with Gasteiger partial charge in [-0.1, -0.05) is 6.07 Å². The maximum absolute atomic E-state index is 14.4. The zero-order valence-corrected chi connectivity index (χ0v) is 14.4. The molecule has 2 rings (SSSR count). The number of hydrogen-bond acceptors (Lipinski definition) is 4. The summed E-state index contributed by atoms with van der Waals surface area (Å²) in [6.07, 6.45) is 0.825. The molecule has 0 heterocycles. The van der Waals surface area contributed by atoms with Crippen LogP contribution in [0.2, 0.25) is 0 Å². The largest absolute Gasteiger partial charge is 0.494 e. The summed E-state index contributed by atoms with van der Waals surface area (Å²) in [5, 5.41) is 0. The predicted octanol–water partition coefficient (Wildman–Crippen LogP) is 2.62. The van der Waals surface area contributed by atoms with E-state index in [4.69, 9.17) is 20.9 Å².